The first-order valence-electron chi connectivity index (χ1n) is 4.62. The van der Waals surface area contributed by atoms with Crippen molar-refractivity contribution in [3.05, 3.63) is 0 Å². The third-order valence-corrected chi connectivity index (χ3v) is 2.90. The molecule has 0 aliphatic carbocycles. The number of aliphatic hydroxyl groups excluding tert-OH is 2. The summed E-state index contributed by atoms with van der Waals surface area (Å²) in [4.78, 5) is 0. The van der Waals surface area contributed by atoms with Gasteiger partial charge in [0.25, 0.3) is 0 Å². The van der Waals surface area contributed by atoms with Gasteiger partial charge in [0.2, 0.25) is 0 Å². The highest BCUT2D eigenvalue weighted by molar-refractivity contribution is 7.80. The maximum Gasteiger partial charge on any atom is 0.397 e. The highest BCUT2D eigenvalue weighted by Crippen LogP contribution is 2.28. The summed E-state index contributed by atoms with van der Waals surface area (Å²) in [6, 6.07) is 0. The van der Waals surface area contributed by atoms with E-state index in [1.807, 2.05) is 0 Å². The summed E-state index contributed by atoms with van der Waals surface area (Å²) in [6.07, 6.45) is 0.589. The van der Waals surface area contributed by atoms with E-state index in [2.05, 4.69) is 4.18 Å². The van der Waals surface area contributed by atoms with Gasteiger partial charge in [0.05, 0.1) is 5.60 Å². The van der Waals surface area contributed by atoms with Crippen molar-refractivity contribution in [3.8, 4) is 0 Å². The summed E-state index contributed by atoms with van der Waals surface area (Å²) < 4.78 is 34.2. The standard InChI is InChI=1S/C8H18O6S/c1-8(2,14-15(11,12)13)7(3-5-9)4-6-10/h7,9-10H,3-6H2,1-2H3,(H,11,12,13). The Morgan fingerprint density at radius 3 is 1.87 bits per heavy atom. The molecule has 0 fully saturated rings. The van der Waals surface area contributed by atoms with E-state index in [1.165, 1.54) is 13.8 Å². The normalized spacial score (nSPS) is 13.5. The molecule has 0 atom stereocenters. The lowest BCUT2D eigenvalue weighted by atomic mass is 9.86. The second kappa shape index (κ2) is 5.76. The number of hydrogen-bond donors (Lipinski definition) is 3. The van der Waals surface area contributed by atoms with Crippen LogP contribution < -0.4 is 0 Å². The van der Waals surface area contributed by atoms with Crippen LogP contribution in [0.4, 0.5) is 0 Å². The van der Waals surface area contributed by atoms with Gasteiger partial charge in [-0.1, -0.05) is 0 Å². The van der Waals surface area contributed by atoms with Gasteiger partial charge in [-0.25, -0.2) is 4.18 Å². The van der Waals surface area contributed by atoms with Gasteiger partial charge in [-0.3, -0.25) is 4.55 Å². The molecular formula is C8H18O6S. The third kappa shape index (κ3) is 6.06. The summed E-state index contributed by atoms with van der Waals surface area (Å²) in [5.74, 6) is -0.352. The van der Waals surface area contributed by atoms with Gasteiger partial charge in [-0.15, -0.1) is 0 Å². The molecule has 0 rings (SSSR count). The molecule has 0 aromatic carbocycles. The second-order valence-electron chi connectivity index (χ2n) is 3.84. The van der Waals surface area contributed by atoms with Crippen molar-refractivity contribution in [1.82, 2.24) is 0 Å². The first kappa shape index (κ1) is 14.8. The number of rotatable bonds is 7. The van der Waals surface area contributed by atoms with Gasteiger partial charge < -0.3 is 10.2 Å². The van der Waals surface area contributed by atoms with Gasteiger partial charge in [-0.05, 0) is 32.6 Å². The van der Waals surface area contributed by atoms with Crippen LogP contribution in [0.2, 0.25) is 0 Å². The summed E-state index contributed by atoms with van der Waals surface area (Å²) in [5, 5.41) is 17.6. The van der Waals surface area contributed by atoms with Crippen LogP contribution in [0, 0.1) is 5.92 Å². The molecule has 0 aromatic heterocycles. The Labute approximate surface area is 89.8 Å². The van der Waals surface area contributed by atoms with Crippen LogP contribution in [-0.4, -0.2) is 42.0 Å². The molecule has 15 heavy (non-hydrogen) atoms. The highest BCUT2D eigenvalue weighted by Gasteiger charge is 2.34. The molecular weight excluding hydrogens is 224 g/mol. The molecule has 0 bridgehead atoms. The third-order valence-electron chi connectivity index (χ3n) is 2.26. The average molecular weight is 242 g/mol. The Morgan fingerprint density at radius 1 is 1.20 bits per heavy atom. The first-order chi connectivity index (χ1) is 6.73. The highest BCUT2D eigenvalue weighted by atomic mass is 32.3. The fourth-order valence-corrected chi connectivity index (χ4v) is 2.17. The molecule has 0 aliphatic heterocycles. The average Bonchev–Trinajstić information content (AvgIpc) is 1.99. The SMILES string of the molecule is CC(C)(OS(=O)(=O)O)C(CCO)CCO. The zero-order chi connectivity index (χ0) is 12.1. The van der Waals surface area contributed by atoms with Crippen molar-refractivity contribution >= 4 is 10.4 Å². The van der Waals surface area contributed by atoms with E-state index in [4.69, 9.17) is 14.8 Å². The van der Waals surface area contributed by atoms with Gasteiger partial charge in [-0.2, -0.15) is 8.42 Å². The Kier molecular flexibility index (Phi) is 5.68. The molecule has 0 radical (unpaired) electrons. The quantitative estimate of drug-likeness (QED) is 0.541. The van der Waals surface area contributed by atoms with Crippen LogP contribution >= 0.6 is 0 Å². The zero-order valence-corrected chi connectivity index (χ0v) is 9.70. The van der Waals surface area contributed by atoms with Crippen LogP contribution in [0.1, 0.15) is 26.7 Å². The molecule has 0 aromatic rings. The molecule has 0 aliphatic rings. The van der Waals surface area contributed by atoms with Crippen molar-refractivity contribution in [2.75, 3.05) is 13.2 Å². The lowest BCUT2D eigenvalue weighted by molar-refractivity contribution is 0.0150. The predicted molar refractivity (Wildman–Crippen MR) is 53.6 cm³/mol. The molecule has 92 valence electrons. The zero-order valence-electron chi connectivity index (χ0n) is 8.88. The van der Waals surface area contributed by atoms with E-state index >= 15 is 0 Å². The molecule has 0 unspecified atom stereocenters. The minimum atomic E-state index is -4.53. The summed E-state index contributed by atoms with van der Waals surface area (Å²) in [5.41, 5.74) is -1.15. The van der Waals surface area contributed by atoms with E-state index < -0.39 is 16.0 Å². The lowest BCUT2D eigenvalue weighted by Gasteiger charge is -2.31. The van der Waals surface area contributed by atoms with E-state index in [0.717, 1.165) is 0 Å². The Morgan fingerprint density at radius 2 is 1.60 bits per heavy atom. The molecule has 0 heterocycles. The van der Waals surface area contributed by atoms with Crippen LogP contribution in [0.5, 0.6) is 0 Å². The molecule has 6 nitrogen and oxygen atoms in total. The fourth-order valence-electron chi connectivity index (χ4n) is 1.49. The molecule has 7 heteroatoms. The molecule has 0 amide bonds. The predicted octanol–water partition coefficient (Wildman–Crippen LogP) is -0.0346. The van der Waals surface area contributed by atoms with Crippen molar-refractivity contribution in [2.24, 2.45) is 5.92 Å². The van der Waals surface area contributed by atoms with Gasteiger partial charge in [0.15, 0.2) is 0 Å². The van der Waals surface area contributed by atoms with Crippen molar-refractivity contribution in [2.45, 2.75) is 32.3 Å². The van der Waals surface area contributed by atoms with Crippen LogP contribution in [-0.2, 0) is 14.6 Å². The minimum absolute atomic E-state index is 0.136. The van der Waals surface area contributed by atoms with Gasteiger partial charge >= 0.3 is 10.4 Å². The second-order valence-corrected chi connectivity index (χ2v) is 4.86. The van der Waals surface area contributed by atoms with Crippen molar-refractivity contribution < 1.29 is 27.4 Å². The van der Waals surface area contributed by atoms with E-state index in [9.17, 15) is 8.42 Å². The first-order valence-corrected chi connectivity index (χ1v) is 5.99. The lowest BCUT2D eigenvalue weighted by Crippen LogP contribution is -2.37. The van der Waals surface area contributed by atoms with Gasteiger partial charge in [0, 0.05) is 13.2 Å². The van der Waals surface area contributed by atoms with Gasteiger partial charge in [0.1, 0.15) is 0 Å². The number of hydrogen-bond acceptors (Lipinski definition) is 5. The van der Waals surface area contributed by atoms with Crippen molar-refractivity contribution in [1.29, 1.82) is 0 Å². The van der Waals surface area contributed by atoms with Crippen LogP contribution in [0.3, 0.4) is 0 Å². The maximum absolute atomic E-state index is 10.6. The fraction of sp³-hybridized carbons (Fsp3) is 1.00. The van der Waals surface area contributed by atoms with Crippen LogP contribution in [0.15, 0.2) is 0 Å². The van der Waals surface area contributed by atoms with Crippen LogP contribution in [0.25, 0.3) is 0 Å². The van der Waals surface area contributed by atoms with E-state index in [0.29, 0.717) is 12.8 Å². The summed E-state index contributed by atoms with van der Waals surface area (Å²) in [7, 11) is -4.53. The molecule has 0 spiro atoms. The monoisotopic (exact) mass is 242 g/mol. The summed E-state index contributed by atoms with van der Waals surface area (Å²) in [6.45, 7) is 2.69. The summed E-state index contributed by atoms with van der Waals surface area (Å²) >= 11 is 0. The minimum Gasteiger partial charge on any atom is -0.396 e. The molecule has 0 saturated carbocycles. The topological polar surface area (TPSA) is 104 Å². The maximum atomic E-state index is 10.6. The largest absolute Gasteiger partial charge is 0.397 e. The molecule has 3 N–H and O–H groups in total. The smallest absolute Gasteiger partial charge is 0.396 e. The molecule has 0 saturated heterocycles. The Hall–Kier alpha value is -0.210. The van der Waals surface area contributed by atoms with E-state index in [1.54, 1.807) is 0 Å². The number of aliphatic hydroxyl groups is 2. The van der Waals surface area contributed by atoms with E-state index in [-0.39, 0.29) is 19.1 Å². The van der Waals surface area contributed by atoms with Crippen molar-refractivity contribution in [3.63, 3.8) is 0 Å². The Balaban J connectivity index is 4.62. The Bertz CT molecular complexity index is 265.